The summed E-state index contributed by atoms with van der Waals surface area (Å²) in [5.41, 5.74) is 44.7. The van der Waals surface area contributed by atoms with Crippen LogP contribution in [0.4, 0.5) is 0 Å². The lowest BCUT2D eigenvalue weighted by molar-refractivity contribution is 0.660. The topological polar surface area (TPSA) is 55.4 Å². The van der Waals surface area contributed by atoms with Crippen molar-refractivity contribution in [2.75, 3.05) is 0 Å². The van der Waals surface area contributed by atoms with Crippen LogP contribution < -0.4 is 0 Å². The van der Waals surface area contributed by atoms with Crippen molar-refractivity contribution in [2.45, 2.75) is 57.8 Å². The van der Waals surface area contributed by atoms with Crippen LogP contribution in [0.5, 0.6) is 0 Å². The quantitative estimate of drug-likeness (QED) is 0.130. The second kappa shape index (κ2) is 29.2. The van der Waals surface area contributed by atoms with Gasteiger partial charge >= 0.3 is 0 Å². The van der Waals surface area contributed by atoms with Crippen molar-refractivity contribution >= 4 is 131 Å². The molecule has 0 amide bonds. The maximum absolute atomic E-state index is 5.81. The molecule has 0 unspecified atom stereocenters. The van der Waals surface area contributed by atoms with E-state index in [1.165, 1.54) is 187 Å². The molecular weight excluding hydrogens is 1710 g/mol. The molecule has 0 radical (unpaired) electrons. The van der Waals surface area contributed by atoms with Crippen molar-refractivity contribution in [3.8, 4) is 124 Å². The molecule has 27 aromatic rings. The highest BCUT2D eigenvalue weighted by molar-refractivity contribution is 6.18. The van der Waals surface area contributed by atoms with Crippen LogP contribution in [0.2, 0.25) is 0 Å². The summed E-state index contributed by atoms with van der Waals surface area (Å²) in [7, 11) is 0. The first-order chi connectivity index (χ1) is 69.2. The Morgan fingerprint density at radius 1 is 0.156 bits per heavy atom. The van der Waals surface area contributed by atoms with Gasteiger partial charge in [-0.05, 0) is 270 Å². The van der Waals surface area contributed by atoms with Crippen molar-refractivity contribution in [1.29, 1.82) is 0 Å². The van der Waals surface area contributed by atoms with Crippen molar-refractivity contribution in [1.82, 2.24) is 37.4 Å². The summed E-state index contributed by atoms with van der Waals surface area (Å²) in [6.07, 6.45) is 0. The zero-order chi connectivity index (χ0) is 93.3. The van der Waals surface area contributed by atoms with Crippen molar-refractivity contribution < 1.29 is 0 Å². The van der Waals surface area contributed by atoms with Crippen LogP contribution in [-0.4, -0.2) is 37.4 Å². The van der Waals surface area contributed by atoms with Crippen LogP contribution in [0.15, 0.2) is 437 Å². The van der Waals surface area contributed by atoms with Crippen molar-refractivity contribution in [2.24, 2.45) is 0 Å². The Bertz CT molecular complexity index is 10200. The minimum absolute atomic E-state index is 0.118. The zero-order valence-corrected chi connectivity index (χ0v) is 78.6. The highest BCUT2D eigenvalue weighted by Crippen LogP contribution is 2.55. The molecule has 0 saturated carbocycles. The number of aromatic nitrogens is 8. The molecule has 141 heavy (non-hydrogen) atoms. The molecule has 8 heteroatoms. The Hall–Kier alpha value is -17.7. The molecule has 0 N–H and O–H groups in total. The number of para-hydroxylation sites is 6. The SMILES string of the molecule is CC1(C)c2ccccc2-c2ccc(-n3c4ccccc4c4cc(-c5ccc6c(c5)c5ccccc5n6-c5ccc(-c6cc(-n7c8ccccc8c8cc(-c9ccc%10c(c9)c9ccccc9n%10-c9ccc%10c(c9)C(C)(C)c9ccccc9-%10)ccc87)nc(-c7cccc(-n8c9ccccc9c9cc(-c%10ccc%11c(c%10)c%10ccccc%10n%11-c%10ccc%11c(c%10)C(C)(C)c%10ccccc%10-%11)ccc98)c7)n6)cc5)ccc43)cc21. The van der Waals surface area contributed by atoms with Crippen LogP contribution in [0.3, 0.4) is 0 Å². The van der Waals surface area contributed by atoms with E-state index in [9.17, 15) is 0 Å². The first-order valence-corrected chi connectivity index (χ1v) is 49.2. The second-order valence-corrected chi connectivity index (χ2v) is 40.7. The van der Waals surface area contributed by atoms with Crippen LogP contribution in [-0.2, 0) is 16.2 Å². The van der Waals surface area contributed by atoms with E-state index in [4.69, 9.17) is 9.97 Å². The van der Waals surface area contributed by atoms with E-state index in [2.05, 4.69) is 506 Å². The third-order valence-corrected chi connectivity index (χ3v) is 32.2. The van der Waals surface area contributed by atoms with Gasteiger partial charge in [-0.25, -0.2) is 9.97 Å². The number of benzene rings is 20. The van der Waals surface area contributed by atoms with Gasteiger partial charge in [0.05, 0.1) is 71.9 Å². The summed E-state index contributed by atoms with van der Waals surface area (Å²) in [5.74, 6) is 1.38. The van der Waals surface area contributed by atoms with Crippen molar-refractivity contribution in [3.05, 3.63) is 470 Å². The molecule has 0 saturated heterocycles. The molecule has 0 spiro atoms. The van der Waals surface area contributed by atoms with Gasteiger partial charge in [-0.2, -0.15) is 0 Å². The van der Waals surface area contributed by atoms with Gasteiger partial charge in [-0.3, -0.25) is 4.57 Å². The third kappa shape index (κ3) is 11.4. The fraction of sp³-hybridized carbons (Fsp3) is 0.0677. The molecule has 8 nitrogen and oxygen atoms in total. The highest BCUT2D eigenvalue weighted by atomic mass is 15.1. The summed E-state index contributed by atoms with van der Waals surface area (Å²) in [6, 6.07) is 164. The largest absolute Gasteiger partial charge is 0.309 e. The Kier molecular flexibility index (Phi) is 16.4. The molecule has 7 heterocycles. The van der Waals surface area contributed by atoms with Gasteiger partial charge in [-0.1, -0.05) is 302 Å². The Morgan fingerprint density at radius 3 is 0.730 bits per heavy atom. The summed E-state index contributed by atoms with van der Waals surface area (Å²) in [6.45, 7) is 14.2. The number of rotatable bonds is 11. The van der Waals surface area contributed by atoms with Crippen molar-refractivity contribution in [3.63, 3.8) is 0 Å². The maximum Gasteiger partial charge on any atom is 0.162 e. The normalized spacial score (nSPS) is 13.8. The van der Waals surface area contributed by atoms with Crippen LogP contribution in [0, 0.1) is 0 Å². The maximum atomic E-state index is 5.81. The minimum atomic E-state index is -0.132. The molecule has 0 aliphatic heterocycles. The third-order valence-electron chi connectivity index (χ3n) is 32.2. The average Bonchev–Trinajstić information content (AvgIpc) is 1.61. The first-order valence-electron chi connectivity index (χ1n) is 49.2. The van der Waals surface area contributed by atoms with Crippen LogP contribution in [0.25, 0.3) is 254 Å². The van der Waals surface area contributed by atoms with E-state index >= 15 is 0 Å². The number of hydrogen-bond acceptors (Lipinski definition) is 2. The van der Waals surface area contributed by atoms with Gasteiger partial charge in [-0.15, -0.1) is 0 Å². The predicted octanol–water partition coefficient (Wildman–Crippen LogP) is 34.3. The average molecular weight is 1800 g/mol. The lowest BCUT2D eigenvalue weighted by atomic mass is 9.82. The molecule has 0 atom stereocenters. The molecular formula is C133H90N8. The molecule has 30 rings (SSSR count). The minimum Gasteiger partial charge on any atom is -0.309 e. The molecule has 662 valence electrons. The lowest BCUT2D eigenvalue weighted by Gasteiger charge is -2.22. The van der Waals surface area contributed by atoms with Gasteiger partial charge in [0.2, 0.25) is 0 Å². The fourth-order valence-electron chi connectivity index (χ4n) is 25.4. The van der Waals surface area contributed by atoms with Crippen LogP contribution >= 0.6 is 0 Å². The molecule has 3 aliphatic rings. The van der Waals surface area contributed by atoms with E-state index < -0.39 is 0 Å². The van der Waals surface area contributed by atoms with Gasteiger partial charge in [0, 0.05) is 127 Å². The van der Waals surface area contributed by atoms with Gasteiger partial charge in [0.25, 0.3) is 0 Å². The molecule has 0 fully saturated rings. The number of fused-ring (bicyclic) bond motifs is 27. The van der Waals surface area contributed by atoms with Gasteiger partial charge in [0.1, 0.15) is 5.82 Å². The van der Waals surface area contributed by atoms with E-state index in [0.29, 0.717) is 5.82 Å². The molecule has 20 aromatic carbocycles. The van der Waals surface area contributed by atoms with E-state index in [1.807, 2.05) is 0 Å². The summed E-state index contributed by atoms with van der Waals surface area (Å²) in [4.78, 5) is 11.5. The Morgan fingerprint density at radius 2 is 0.404 bits per heavy atom. The fourth-order valence-corrected chi connectivity index (χ4v) is 25.4. The smallest absolute Gasteiger partial charge is 0.162 e. The molecule has 0 bridgehead atoms. The molecule has 3 aliphatic carbocycles. The second-order valence-electron chi connectivity index (χ2n) is 40.7. The Labute approximate surface area is 814 Å². The van der Waals surface area contributed by atoms with Gasteiger partial charge in [0.15, 0.2) is 5.82 Å². The summed E-state index contributed by atoms with van der Waals surface area (Å²) in [5, 5.41) is 14.4. The zero-order valence-electron chi connectivity index (χ0n) is 78.6. The standard InChI is InChI=1S/C133H90N8/c1-131(2)110-37-16-7-28-92(110)95-59-56-89(75-113(95)131)138-119-42-21-12-33-100(119)106-71-82(50-64-125(106)138)80-48-62-123-104(69-80)98-31-10-19-40-117(98)136(123)87-54-46-79(47-55-87)116-78-129(141-122-45-24-15-36-103(122)109-74-85(53-67-128(109)141)84-52-66-127-108(73-84)102-35-14-23-44-121(102)140(127)91-58-61-97-94-30-9-18-39-112(94)133(5,6)115(97)77-91)135-130(134-116)86-26-25-27-88(68-86)137-118-41-20-11-32-99(118)105-70-81(49-63-124(105)137)83-51-65-126-107(72-83)101-34-13-22-43-120(101)139(126)90-57-60-96-93-29-8-17-38-111(93)132(3,4)114(96)76-90/h7-78H,1-6H3. The van der Waals surface area contributed by atoms with Crippen LogP contribution in [0.1, 0.15) is 74.9 Å². The summed E-state index contributed by atoms with van der Waals surface area (Å²) < 4.78 is 14.6. The van der Waals surface area contributed by atoms with E-state index in [0.717, 1.165) is 94.6 Å². The monoisotopic (exact) mass is 1800 g/mol. The first kappa shape index (κ1) is 79.5. The van der Waals surface area contributed by atoms with Gasteiger partial charge < -0.3 is 22.8 Å². The molecule has 7 aromatic heterocycles. The lowest BCUT2D eigenvalue weighted by Crippen LogP contribution is -2.15. The highest BCUT2D eigenvalue weighted by Gasteiger charge is 2.40. The summed E-state index contributed by atoms with van der Waals surface area (Å²) >= 11 is 0. The van der Waals surface area contributed by atoms with E-state index in [-0.39, 0.29) is 16.2 Å². The Balaban J connectivity index is 0.536. The number of nitrogens with zero attached hydrogens (tertiary/aromatic N) is 8. The number of hydrogen-bond donors (Lipinski definition) is 0. The van der Waals surface area contributed by atoms with E-state index in [1.54, 1.807) is 0 Å². The predicted molar refractivity (Wildman–Crippen MR) is 588 cm³/mol.